The zero-order chi connectivity index (χ0) is 8.43. The molecule has 5 heteroatoms. The second kappa shape index (κ2) is 2.71. The number of hydrogen-bond donors (Lipinski definition) is 2. The molecule has 0 aromatic carbocycles. The SMILES string of the molecule is Cn1c(=O)cc(CN)[nH]c1=O. The van der Waals surface area contributed by atoms with Crippen molar-refractivity contribution in [3.63, 3.8) is 0 Å². The van der Waals surface area contributed by atoms with E-state index in [1.807, 2.05) is 0 Å². The predicted molar refractivity (Wildman–Crippen MR) is 40.2 cm³/mol. The first-order valence-corrected chi connectivity index (χ1v) is 3.14. The maximum Gasteiger partial charge on any atom is 0.328 e. The highest BCUT2D eigenvalue weighted by Crippen LogP contribution is 1.79. The van der Waals surface area contributed by atoms with E-state index in [1.54, 1.807) is 0 Å². The van der Waals surface area contributed by atoms with Crippen LogP contribution in [0.1, 0.15) is 5.69 Å². The monoisotopic (exact) mass is 155 g/mol. The second-order valence-corrected chi connectivity index (χ2v) is 2.20. The predicted octanol–water partition coefficient (Wildman–Crippen LogP) is -1.47. The van der Waals surface area contributed by atoms with Crippen molar-refractivity contribution >= 4 is 0 Å². The molecular weight excluding hydrogens is 146 g/mol. The molecule has 11 heavy (non-hydrogen) atoms. The molecule has 0 aliphatic carbocycles. The van der Waals surface area contributed by atoms with Crippen LogP contribution in [0.5, 0.6) is 0 Å². The van der Waals surface area contributed by atoms with Gasteiger partial charge in [-0.1, -0.05) is 0 Å². The van der Waals surface area contributed by atoms with Gasteiger partial charge in [0.25, 0.3) is 5.56 Å². The van der Waals surface area contributed by atoms with Crippen LogP contribution in [0.15, 0.2) is 15.7 Å². The van der Waals surface area contributed by atoms with Crippen molar-refractivity contribution in [2.24, 2.45) is 12.8 Å². The molecule has 5 nitrogen and oxygen atoms in total. The second-order valence-electron chi connectivity index (χ2n) is 2.20. The fourth-order valence-corrected chi connectivity index (χ4v) is 0.713. The number of nitrogens with zero attached hydrogens (tertiary/aromatic N) is 1. The third-order valence-electron chi connectivity index (χ3n) is 1.42. The number of aromatic nitrogens is 2. The largest absolute Gasteiger partial charge is 0.328 e. The quantitative estimate of drug-likeness (QED) is 0.519. The molecule has 1 heterocycles. The van der Waals surface area contributed by atoms with Crippen molar-refractivity contribution in [2.45, 2.75) is 6.54 Å². The van der Waals surface area contributed by atoms with Gasteiger partial charge in [0.15, 0.2) is 0 Å². The van der Waals surface area contributed by atoms with Crippen LogP contribution in [-0.2, 0) is 13.6 Å². The van der Waals surface area contributed by atoms with Gasteiger partial charge in [0.1, 0.15) is 0 Å². The molecule has 1 aromatic rings. The Hall–Kier alpha value is -1.36. The van der Waals surface area contributed by atoms with Crippen molar-refractivity contribution in [3.05, 3.63) is 32.6 Å². The summed E-state index contributed by atoms with van der Waals surface area (Å²) in [6, 6.07) is 1.31. The highest BCUT2D eigenvalue weighted by molar-refractivity contribution is 4.98. The smallest absolute Gasteiger partial charge is 0.325 e. The maximum absolute atomic E-state index is 10.9. The highest BCUT2D eigenvalue weighted by Gasteiger charge is 1.96. The van der Waals surface area contributed by atoms with Gasteiger partial charge >= 0.3 is 5.69 Å². The van der Waals surface area contributed by atoms with Crippen LogP contribution in [0.2, 0.25) is 0 Å². The van der Waals surface area contributed by atoms with Crippen molar-refractivity contribution in [3.8, 4) is 0 Å². The maximum atomic E-state index is 10.9. The summed E-state index contributed by atoms with van der Waals surface area (Å²) in [7, 11) is 1.40. The molecule has 60 valence electrons. The fraction of sp³-hybridized carbons (Fsp3) is 0.333. The zero-order valence-corrected chi connectivity index (χ0v) is 6.13. The molecule has 0 bridgehead atoms. The fourth-order valence-electron chi connectivity index (χ4n) is 0.713. The summed E-state index contributed by atoms with van der Waals surface area (Å²) in [5, 5.41) is 0. The summed E-state index contributed by atoms with van der Waals surface area (Å²) >= 11 is 0. The van der Waals surface area contributed by atoms with Gasteiger partial charge in [0, 0.05) is 25.4 Å². The summed E-state index contributed by atoms with van der Waals surface area (Å²) < 4.78 is 0.985. The molecule has 0 spiro atoms. The van der Waals surface area contributed by atoms with Crippen LogP contribution in [0.25, 0.3) is 0 Å². The van der Waals surface area contributed by atoms with Crippen molar-refractivity contribution in [2.75, 3.05) is 0 Å². The lowest BCUT2D eigenvalue weighted by Gasteiger charge is -1.97. The van der Waals surface area contributed by atoms with Crippen LogP contribution in [0.3, 0.4) is 0 Å². The van der Waals surface area contributed by atoms with E-state index in [2.05, 4.69) is 4.98 Å². The lowest BCUT2D eigenvalue weighted by Crippen LogP contribution is -2.33. The number of rotatable bonds is 1. The molecular formula is C6H9N3O2. The topological polar surface area (TPSA) is 80.9 Å². The third-order valence-corrected chi connectivity index (χ3v) is 1.42. The molecule has 0 aliphatic rings. The Morgan fingerprint density at radius 1 is 1.64 bits per heavy atom. The van der Waals surface area contributed by atoms with Gasteiger partial charge < -0.3 is 10.7 Å². The van der Waals surface area contributed by atoms with E-state index in [4.69, 9.17) is 5.73 Å². The van der Waals surface area contributed by atoms with E-state index in [1.165, 1.54) is 13.1 Å². The molecule has 0 saturated heterocycles. The average molecular weight is 155 g/mol. The molecule has 1 rings (SSSR count). The van der Waals surface area contributed by atoms with Gasteiger partial charge in [0.05, 0.1) is 0 Å². The van der Waals surface area contributed by atoms with Crippen LogP contribution in [0, 0.1) is 0 Å². The molecule has 0 amide bonds. The number of hydrogen-bond acceptors (Lipinski definition) is 3. The Morgan fingerprint density at radius 2 is 2.27 bits per heavy atom. The van der Waals surface area contributed by atoms with E-state index in [0.29, 0.717) is 5.69 Å². The normalized spacial score (nSPS) is 10.0. The Bertz CT molecular complexity index is 332. The van der Waals surface area contributed by atoms with E-state index in [-0.39, 0.29) is 12.1 Å². The number of aromatic amines is 1. The van der Waals surface area contributed by atoms with Crippen LogP contribution < -0.4 is 17.0 Å². The zero-order valence-electron chi connectivity index (χ0n) is 6.13. The average Bonchev–Trinajstić information content (AvgIpc) is 1.99. The van der Waals surface area contributed by atoms with Gasteiger partial charge in [0.2, 0.25) is 0 Å². The molecule has 0 radical (unpaired) electrons. The molecule has 1 aromatic heterocycles. The van der Waals surface area contributed by atoms with Crippen LogP contribution >= 0.6 is 0 Å². The van der Waals surface area contributed by atoms with Gasteiger partial charge in [-0.15, -0.1) is 0 Å². The summed E-state index contributed by atoms with van der Waals surface area (Å²) in [6.45, 7) is 0.172. The molecule has 3 N–H and O–H groups in total. The first-order chi connectivity index (χ1) is 5.15. The van der Waals surface area contributed by atoms with E-state index >= 15 is 0 Å². The Kier molecular flexibility index (Phi) is 1.91. The summed E-state index contributed by atoms with van der Waals surface area (Å²) in [4.78, 5) is 24.2. The Morgan fingerprint density at radius 3 is 2.73 bits per heavy atom. The van der Waals surface area contributed by atoms with E-state index in [0.717, 1.165) is 4.57 Å². The standard InChI is InChI=1S/C6H9N3O2/c1-9-5(10)2-4(3-7)8-6(9)11/h2H,3,7H2,1H3,(H,8,11). The molecule has 0 saturated carbocycles. The highest BCUT2D eigenvalue weighted by atomic mass is 16.2. The van der Waals surface area contributed by atoms with Crippen LogP contribution in [-0.4, -0.2) is 9.55 Å². The van der Waals surface area contributed by atoms with Gasteiger partial charge in [-0.25, -0.2) is 4.79 Å². The minimum Gasteiger partial charge on any atom is -0.325 e. The summed E-state index contributed by atoms with van der Waals surface area (Å²) in [5.41, 5.74) is 4.90. The lowest BCUT2D eigenvalue weighted by atomic mass is 10.4. The van der Waals surface area contributed by atoms with Gasteiger partial charge in [-0.05, 0) is 0 Å². The minimum atomic E-state index is -0.432. The lowest BCUT2D eigenvalue weighted by molar-refractivity contribution is 0.752. The third kappa shape index (κ3) is 1.38. The van der Waals surface area contributed by atoms with Crippen molar-refractivity contribution < 1.29 is 0 Å². The minimum absolute atomic E-state index is 0.172. The molecule has 0 fully saturated rings. The molecule has 0 atom stereocenters. The summed E-state index contributed by atoms with van der Waals surface area (Å²) in [5.74, 6) is 0. The van der Waals surface area contributed by atoms with E-state index in [9.17, 15) is 9.59 Å². The number of nitrogens with two attached hydrogens (primary N) is 1. The number of nitrogens with one attached hydrogen (secondary N) is 1. The van der Waals surface area contributed by atoms with Crippen molar-refractivity contribution in [1.29, 1.82) is 0 Å². The first-order valence-electron chi connectivity index (χ1n) is 3.14. The van der Waals surface area contributed by atoms with E-state index < -0.39 is 5.69 Å². The van der Waals surface area contributed by atoms with Gasteiger partial charge in [-0.2, -0.15) is 0 Å². The first kappa shape index (κ1) is 7.74. The molecule has 0 unspecified atom stereocenters. The number of H-pyrrole nitrogens is 1. The van der Waals surface area contributed by atoms with Crippen LogP contribution in [0.4, 0.5) is 0 Å². The van der Waals surface area contributed by atoms with Gasteiger partial charge in [-0.3, -0.25) is 9.36 Å². The summed E-state index contributed by atoms with van der Waals surface area (Å²) in [6.07, 6.45) is 0. The Labute approximate surface area is 62.5 Å². The molecule has 0 aliphatic heterocycles. The van der Waals surface area contributed by atoms with Crippen molar-refractivity contribution in [1.82, 2.24) is 9.55 Å². The Balaban J connectivity index is 3.45.